The Balaban J connectivity index is 1.08. The molecule has 0 bridgehead atoms. The molecule has 0 spiro atoms. The number of rotatable bonds is 5. The highest BCUT2D eigenvalue weighted by molar-refractivity contribution is 6.16. The highest BCUT2D eigenvalue weighted by Crippen LogP contribution is 2.38. The maximum absolute atomic E-state index is 5.27. The van der Waals surface area contributed by atoms with Gasteiger partial charge >= 0.3 is 0 Å². The van der Waals surface area contributed by atoms with Crippen molar-refractivity contribution in [2.75, 3.05) is 0 Å². The molecule has 0 amide bonds. The normalized spacial score (nSPS) is 11.5. The maximum Gasteiger partial charge on any atom is 0.164 e. The van der Waals surface area contributed by atoms with Crippen LogP contribution in [-0.2, 0) is 0 Å². The molecular formula is C47H29N5. The van der Waals surface area contributed by atoms with Gasteiger partial charge in [-0.3, -0.25) is 0 Å². The SMILES string of the molecule is c1ccc(-c2nc(-c3ccccc3)nc(-c3ccc4cc(-c5ccc6ccc7c(-c8ccccc8)c8ccccc8nc7c6n5)ccc4c3)n2)cc1. The van der Waals surface area contributed by atoms with Crippen LogP contribution in [0, 0.1) is 0 Å². The first kappa shape index (κ1) is 29.8. The van der Waals surface area contributed by atoms with Gasteiger partial charge in [0.1, 0.15) is 0 Å². The van der Waals surface area contributed by atoms with Crippen molar-refractivity contribution in [2.24, 2.45) is 0 Å². The van der Waals surface area contributed by atoms with Crippen molar-refractivity contribution < 1.29 is 0 Å². The molecule has 0 aliphatic carbocycles. The van der Waals surface area contributed by atoms with E-state index in [4.69, 9.17) is 24.9 Å². The minimum atomic E-state index is 0.636. The molecule has 0 saturated carbocycles. The second-order valence-electron chi connectivity index (χ2n) is 12.9. The van der Waals surface area contributed by atoms with Crippen LogP contribution in [0.3, 0.4) is 0 Å². The van der Waals surface area contributed by atoms with Crippen LogP contribution in [0.25, 0.3) is 100 Å². The van der Waals surface area contributed by atoms with Crippen molar-refractivity contribution in [3.8, 4) is 56.5 Å². The fourth-order valence-corrected chi connectivity index (χ4v) is 7.10. The first-order chi connectivity index (χ1) is 25.7. The molecule has 0 aliphatic rings. The lowest BCUT2D eigenvalue weighted by Gasteiger charge is -2.13. The van der Waals surface area contributed by atoms with Crippen LogP contribution >= 0.6 is 0 Å². The number of pyridine rings is 2. The van der Waals surface area contributed by atoms with Crippen LogP contribution in [0.5, 0.6) is 0 Å². The second-order valence-corrected chi connectivity index (χ2v) is 12.9. The molecule has 5 heteroatoms. The van der Waals surface area contributed by atoms with Crippen LogP contribution in [0.4, 0.5) is 0 Å². The number of benzene rings is 7. The van der Waals surface area contributed by atoms with Crippen molar-refractivity contribution in [3.05, 3.63) is 176 Å². The predicted molar refractivity (Wildman–Crippen MR) is 213 cm³/mol. The maximum atomic E-state index is 5.27. The molecule has 10 aromatic rings. The number of nitrogens with zero attached hydrogens (tertiary/aromatic N) is 5. The average molecular weight is 664 g/mol. The number of hydrogen-bond donors (Lipinski definition) is 0. The number of aromatic nitrogens is 5. The third kappa shape index (κ3) is 5.24. The molecule has 0 radical (unpaired) electrons. The standard InChI is InChI=1S/C47H29N5/c1-4-12-30(13-5-1)42-38-18-10-11-19-41(38)49-44-39(42)26-24-31-25-27-40(48-43(31)44)36-22-20-35-29-37(23-21-34(35)28-36)47-51-45(32-14-6-2-7-15-32)50-46(52-47)33-16-8-3-9-17-33/h1-29H. The van der Waals surface area contributed by atoms with Gasteiger partial charge in [-0.2, -0.15) is 0 Å². The minimum absolute atomic E-state index is 0.636. The highest BCUT2D eigenvalue weighted by Gasteiger charge is 2.16. The first-order valence-corrected chi connectivity index (χ1v) is 17.3. The Labute approximate surface area is 300 Å². The van der Waals surface area contributed by atoms with E-state index < -0.39 is 0 Å². The molecule has 7 aromatic carbocycles. The Hall–Kier alpha value is -7.11. The lowest BCUT2D eigenvalue weighted by atomic mass is 9.95. The fourth-order valence-electron chi connectivity index (χ4n) is 7.10. The molecule has 5 nitrogen and oxygen atoms in total. The van der Waals surface area contributed by atoms with E-state index in [9.17, 15) is 0 Å². The molecule has 52 heavy (non-hydrogen) atoms. The van der Waals surface area contributed by atoms with Gasteiger partial charge in [0.25, 0.3) is 0 Å². The monoisotopic (exact) mass is 663 g/mol. The van der Waals surface area contributed by atoms with Gasteiger partial charge in [-0.1, -0.05) is 152 Å². The fraction of sp³-hybridized carbons (Fsp3) is 0. The summed E-state index contributed by atoms with van der Waals surface area (Å²) in [5, 5.41) is 5.49. The summed E-state index contributed by atoms with van der Waals surface area (Å²) in [5.41, 5.74) is 9.88. The topological polar surface area (TPSA) is 64.5 Å². The summed E-state index contributed by atoms with van der Waals surface area (Å²) in [4.78, 5) is 25.2. The number of fused-ring (bicyclic) bond motifs is 5. The summed E-state index contributed by atoms with van der Waals surface area (Å²) >= 11 is 0. The van der Waals surface area contributed by atoms with Gasteiger partial charge in [-0.05, 0) is 40.6 Å². The molecule has 0 N–H and O–H groups in total. The predicted octanol–water partition coefficient (Wildman–Crippen LogP) is 11.6. The van der Waals surface area contributed by atoms with Gasteiger partial charge in [-0.25, -0.2) is 24.9 Å². The lowest BCUT2D eigenvalue weighted by Crippen LogP contribution is -2.00. The van der Waals surface area contributed by atoms with Crippen LogP contribution < -0.4 is 0 Å². The molecular weight excluding hydrogens is 635 g/mol. The zero-order valence-corrected chi connectivity index (χ0v) is 28.0. The molecule has 0 unspecified atom stereocenters. The molecule has 0 aliphatic heterocycles. The summed E-state index contributed by atoms with van der Waals surface area (Å²) in [7, 11) is 0. The first-order valence-electron chi connectivity index (χ1n) is 17.3. The van der Waals surface area contributed by atoms with Crippen LogP contribution in [0.1, 0.15) is 0 Å². The van der Waals surface area contributed by atoms with E-state index in [2.05, 4.69) is 109 Å². The summed E-state index contributed by atoms with van der Waals surface area (Å²) in [6, 6.07) is 60.5. The Bertz CT molecular complexity index is 2890. The third-order valence-electron chi connectivity index (χ3n) is 9.67. The number of hydrogen-bond acceptors (Lipinski definition) is 5. The van der Waals surface area contributed by atoms with Gasteiger partial charge in [-0.15, -0.1) is 0 Å². The van der Waals surface area contributed by atoms with Gasteiger partial charge < -0.3 is 0 Å². The third-order valence-corrected chi connectivity index (χ3v) is 9.67. The van der Waals surface area contributed by atoms with Gasteiger partial charge in [0.05, 0.1) is 22.2 Å². The minimum Gasteiger partial charge on any atom is -0.245 e. The second kappa shape index (κ2) is 12.3. The summed E-state index contributed by atoms with van der Waals surface area (Å²) < 4.78 is 0. The van der Waals surface area contributed by atoms with Gasteiger partial charge in [0, 0.05) is 44.0 Å². The largest absolute Gasteiger partial charge is 0.245 e. The van der Waals surface area contributed by atoms with E-state index in [-0.39, 0.29) is 0 Å². The van der Waals surface area contributed by atoms with Crippen LogP contribution in [0.15, 0.2) is 176 Å². The van der Waals surface area contributed by atoms with E-state index in [1.165, 1.54) is 11.1 Å². The van der Waals surface area contributed by atoms with Crippen molar-refractivity contribution in [1.82, 2.24) is 24.9 Å². The van der Waals surface area contributed by atoms with E-state index in [0.717, 1.165) is 71.4 Å². The van der Waals surface area contributed by atoms with Gasteiger partial charge in [0.15, 0.2) is 17.5 Å². The molecule has 0 atom stereocenters. The van der Waals surface area contributed by atoms with Crippen molar-refractivity contribution in [1.29, 1.82) is 0 Å². The Morgan fingerprint density at radius 2 is 0.808 bits per heavy atom. The average Bonchev–Trinajstić information content (AvgIpc) is 3.23. The summed E-state index contributed by atoms with van der Waals surface area (Å²) in [6.07, 6.45) is 0. The number of para-hydroxylation sites is 1. The Morgan fingerprint density at radius 3 is 1.48 bits per heavy atom. The van der Waals surface area contributed by atoms with E-state index >= 15 is 0 Å². The van der Waals surface area contributed by atoms with Crippen molar-refractivity contribution in [2.45, 2.75) is 0 Å². The smallest absolute Gasteiger partial charge is 0.164 e. The van der Waals surface area contributed by atoms with Crippen molar-refractivity contribution >= 4 is 43.5 Å². The zero-order chi connectivity index (χ0) is 34.4. The van der Waals surface area contributed by atoms with Gasteiger partial charge in [0.2, 0.25) is 0 Å². The van der Waals surface area contributed by atoms with Crippen molar-refractivity contribution in [3.63, 3.8) is 0 Å². The van der Waals surface area contributed by atoms with Crippen LogP contribution in [0.2, 0.25) is 0 Å². The van der Waals surface area contributed by atoms with E-state index in [1.807, 2.05) is 66.7 Å². The Morgan fingerprint density at radius 1 is 0.288 bits per heavy atom. The molecule has 3 aromatic heterocycles. The highest BCUT2D eigenvalue weighted by atomic mass is 15.0. The lowest BCUT2D eigenvalue weighted by molar-refractivity contribution is 1.07. The molecule has 0 saturated heterocycles. The molecule has 3 heterocycles. The van der Waals surface area contributed by atoms with E-state index in [0.29, 0.717) is 17.5 Å². The van der Waals surface area contributed by atoms with E-state index in [1.54, 1.807) is 0 Å². The quantitative estimate of drug-likeness (QED) is 0.135. The molecule has 0 fully saturated rings. The molecule has 242 valence electrons. The van der Waals surface area contributed by atoms with Crippen LogP contribution in [-0.4, -0.2) is 24.9 Å². The molecule has 10 rings (SSSR count). The Kier molecular flexibility index (Phi) is 7.07. The summed E-state index contributed by atoms with van der Waals surface area (Å²) in [5.74, 6) is 1.93. The zero-order valence-electron chi connectivity index (χ0n) is 28.0. The summed E-state index contributed by atoms with van der Waals surface area (Å²) in [6.45, 7) is 0.